The van der Waals surface area contributed by atoms with Gasteiger partial charge in [0.25, 0.3) is 5.91 Å². The summed E-state index contributed by atoms with van der Waals surface area (Å²) in [6.45, 7) is 4.86. The molecule has 3 heterocycles. The molecule has 0 unspecified atom stereocenters. The maximum atomic E-state index is 12.2. The van der Waals surface area contributed by atoms with Gasteiger partial charge in [0.1, 0.15) is 18.1 Å². The molecule has 0 saturated carbocycles. The van der Waals surface area contributed by atoms with Gasteiger partial charge in [0.05, 0.1) is 6.20 Å². The summed E-state index contributed by atoms with van der Waals surface area (Å²) in [5.41, 5.74) is 1.52. The molecular weight excluding hydrogens is 282 g/mol. The number of nitrogens with zero attached hydrogens (tertiary/aromatic N) is 5. The summed E-state index contributed by atoms with van der Waals surface area (Å²) in [5, 5.41) is 0. The van der Waals surface area contributed by atoms with Crippen molar-refractivity contribution in [2.24, 2.45) is 5.92 Å². The lowest BCUT2D eigenvalue weighted by Crippen LogP contribution is -2.51. The van der Waals surface area contributed by atoms with E-state index in [2.05, 4.69) is 19.5 Å². The number of hydrogen-bond acceptors (Lipinski definition) is 5. The molecule has 1 amide bonds. The molecule has 1 aliphatic rings. The second-order valence-electron chi connectivity index (χ2n) is 5.53. The SMILES string of the molecule is COCc1ncc(C)n1CC1CN(C(=O)c2cnccn2)C1. The third-order valence-electron chi connectivity index (χ3n) is 3.88. The summed E-state index contributed by atoms with van der Waals surface area (Å²) in [4.78, 5) is 26.3. The van der Waals surface area contributed by atoms with Crippen LogP contribution in [0.15, 0.2) is 24.8 Å². The number of rotatable bonds is 5. The lowest BCUT2D eigenvalue weighted by atomic mass is 9.99. The highest BCUT2D eigenvalue weighted by Gasteiger charge is 2.32. The summed E-state index contributed by atoms with van der Waals surface area (Å²) >= 11 is 0. The van der Waals surface area contributed by atoms with Crippen molar-refractivity contribution in [1.82, 2.24) is 24.4 Å². The first-order valence-corrected chi connectivity index (χ1v) is 7.24. The molecule has 2 aromatic rings. The maximum absolute atomic E-state index is 12.2. The zero-order valence-corrected chi connectivity index (χ0v) is 12.8. The van der Waals surface area contributed by atoms with Gasteiger partial charge < -0.3 is 14.2 Å². The van der Waals surface area contributed by atoms with Gasteiger partial charge in [0.2, 0.25) is 0 Å². The molecule has 0 N–H and O–H groups in total. The molecular formula is C15H19N5O2. The van der Waals surface area contributed by atoms with Crippen LogP contribution in [-0.4, -0.2) is 50.5 Å². The summed E-state index contributed by atoms with van der Waals surface area (Å²) in [7, 11) is 1.67. The van der Waals surface area contributed by atoms with E-state index in [0.29, 0.717) is 18.2 Å². The van der Waals surface area contributed by atoms with Gasteiger partial charge in [-0.05, 0) is 6.92 Å². The van der Waals surface area contributed by atoms with E-state index in [1.165, 1.54) is 12.4 Å². The predicted octanol–water partition coefficient (Wildman–Crippen LogP) is 0.900. The zero-order valence-electron chi connectivity index (χ0n) is 12.8. The molecule has 1 aliphatic heterocycles. The van der Waals surface area contributed by atoms with Gasteiger partial charge in [-0.1, -0.05) is 0 Å². The van der Waals surface area contributed by atoms with Gasteiger partial charge in [-0.3, -0.25) is 9.78 Å². The van der Waals surface area contributed by atoms with Crippen LogP contribution < -0.4 is 0 Å². The topological polar surface area (TPSA) is 73.1 Å². The number of aromatic nitrogens is 4. The van der Waals surface area contributed by atoms with Crippen LogP contribution in [0, 0.1) is 12.8 Å². The van der Waals surface area contributed by atoms with E-state index < -0.39 is 0 Å². The Morgan fingerprint density at radius 3 is 2.82 bits per heavy atom. The molecule has 0 bridgehead atoms. The van der Waals surface area contributed by atoms with Crippen molar-refractivity contribution in [3.8, 4) is 0 Å². The van der Waals surface area contributed by atoms with Gasteiger partial charge in [-0.25, -0.2) is 9.97 Å². The number of carbonyl (C=O) groups excluding carboxylic acids is 1. The van der Waals surface area contributed by atoms with Crippen LogP contribution in [0.2, 0.25) is 0 Å². The minimum Gasteiger partial charge on any atom is -0.377 e. The highest BCUT2D eigenvalue weighted by Crippen LogP contribution is 2.21. The van der Waals surface area contributed by atoms with Crippen molar-refractivity contribution in [1.29, 1.82) is 0 Å². The van der Waals surface area contributed by atoms with Crippen LogP contribution in [0.5, 0.6) is 0 Å². The Bertz CT molecular complexity index is 649. The lowest BCUT2D eigenvalue weighted by Gasteiger charge is -2.39. The Morgan fingerprint density at radius 1 is 1.32 bits per heavy atom. The first-order chi connectivity index (χ1) is 10.7. The summed E-state index contributed by atoms with van der Waals surface area (Å²) in [6, 6.07) is 0. The Hall–Kier alpha value is -2.28. The van der Waals surface area contributed by atoms with Crippen molar-refractivity contribution < 1.29 is 9.53 Å². The molecule has 116 valence electrons. The Morgan fingerprint density at radius 2 is 2.14 bits per heavy atom. The second kappa shape index (κ2) is 6.23. The van der Waals surface area contributed by atoms with Crippen LogP contribution in [0.4, 0.5) is 0 Å². The first kappa shape index (κ1) is 14.6. The number of carbonyl (C=O) groups is 1. The van der Waals surface area contributed by atoms with Gasteiger partial charge >= 0.3 is 0 Å². The molecule has 0 aromatic carbocycles. The highest BCUT2D eigenvalue weighted by atomic mass is 16.5. The number of amides is 1. The highest BCUT2D eigenvalue weighted by molar-refractivity contribution is 5.92. The Labute approximate surface area is 129 Å². The monoisotopic (exact) mass is 301 g/mol. The largest absolute Gasteiger partial charge is 0.377 e. The van der Waals surface area contributed by atoms with Crippen molar-refractivity contribution >= 4 is 5.91 Å². The quantitative estimate of drug-likeness (QED) is 0.820. The third-order valence-corrected chi connectivity index (χ3v) is 3.88. The van der Waals surface area contributed by atoms with E-state index in [0.717, 1.165) is 31.2 Å². The predicted molar refractivity (Wildman–Crippen MR) is 79.1 cm³/mol. The van der Waals surface area contributed by atoms with Crippen molar-refractivity contribution in [3.05, 3.63) is 42.0 Å². The van der Waals surface area contributed by atoms with Crippen LogP contribution >= 0.6 is 0 Å². The summed E-state index contributed by atoms with van der Waals surface area (Å²) < 4.78 is 7.33. The fourth-order valence-electron chi connectivity index (χ4n) is 2.69. The van der Waals surface area contributed by atoms with E-state index in [1.54, 1.807) is 18.2 Å². The van der Waals surface area contributed by atoms with E-state index in [1.807, 2.05) is 13.1 Å². The Kier molecular flexibility index (Phi) is 4.15. The van der Waals surface area contributed by atoms with E-state index in [9.17, 15) is 4.79 Å². The molecule has 7 nitrogen and oxygen atoms in total. The first-order valence-electron chi connectivity index (χ1n) is 7.24. The minimum absolute atomic E-state index is 0.0520. The fraction of sp³-hybridized carbons (Fsp3) is 0.467. The summed E-state index contributed by atoms with van der Waals surface area (Å²) in [6.07, 6.45) is 6.47. The zero-order chi connectivity index (χ0) is 15.5. The van der Waals surface area contributed by atoms with Gasteiger partial charge in [-0.2, -0.15) is 0 Å². The molecule has 0 radical (unpaired) electrons. The number of imidazole rings is 1. The van der Waals surface area contributed by atoms with Crippen molar-refractivity contribution in [3.63, 3.8) is 0 Å². The van der Waals surface area contributed by atoms with Crippen molar-refractivity contribution in [2.75, 3.05) is 20.2 Å². The van der Waals surface area contributed by atoms with Crippen LogP contribution in [-0.2, 0) is 17.9 Å². The maximum Gasteiger partial charge on any atom is 0.274 e. The van der Waals surface area contributed by atoms with E-state index >= 15 is 0 Å². The smallest absolute Gasteiger partial charge is 0.274 e. The van der Waals surface area contributed by atoms with Crippen LogP contribution in [0.25, 0.3) is 0 Å². The van der Waals surface area contributed by atoms with Gasteiger partial charge in [-0.15, -0.1) is 0 Å². The molecule has 1 saturated heterocycles. The molecule has 22 heavy (non-hydrogen) atoms. The normalized spacial score (nSPS) is 14.9. The standard InChI is InChI=1S/C15H19N5O2/c1-11-5-18-14(10-22-2)20(11)9-12-7-19(8-12)15(21)13-6-16-3-4-17-13/h3-6,12H,7-10H2,1-2H3. The van der Waals surface area contributed by atoms with Gasteiger partial charge in [0, 0.05) is 56.9 Å². The summed E-state index contributed by atoms with van der Waals surface area (Å²) in [5.74, 6) is 1.31. The van der Waals surface area contributed by atoms with Crippen LogP contribution in [0.1, 0.15) is 22.0 Å². The fourth-order valence-corrected chi connectivity index (χ4v) is 2.69. The third kappa shape index (κ3) is 2.85. The Balaban J connectivity index is 1.58. The van der Waals surface area contributed by atoms with Gasteiger partial charge in [0.15, 0.2) is 0 Å². The number of aryl methyl sites for hydroxylation is 1. The number of hydrogen-bond donors (Lipinski definition) is 0. The molecule has 0 spiro atoms. The average Bonchev–Trinajstić information content (AvgIpc) is 2.84. The lowest BCUT2D eigenvalue weighted by molar-refractivity contribution is 0.0456. The van der Waals surface area contributed by atoms with E-state index in [-0.39, 0.29) is 5.91 Å². The molecule has 2 aromatic heterocycles. The van der Waals surface area contributed by atoms with E-state index in [4.69, 9.17) is 4.74 Å². The molecule has 0 aliphatic carbocycles. The number of methoxy groups -OCH3 is 1. The minimum atomic E-state index is -0.0520. The average molecular weight is 301 g/mol. The molecule has 1 fully saturated rings. The molecule has 7 heteroatoms. The van der Waals surface area contributed by atoms with Crippen molar-refractivity contribution in [2.45, 2.75) is 20.1 Å². The van der Waals surface area contributed by atoms with Crippen LogP contribution in [0.3, 0.4) is 0 Å². The molecule has 3 rings (SSSR count). The number of likely N-dealkylation sites (tertiary alicyclic amines) is 1. The second-order valence-corrected chi connectivity index (χ2v) is 5.53. The number of ether oxygens (including phenoxy) is 1. The molecule has 0 atom stereocenters.